The summed E-state index contributed by atoms with van der Waals surface area (Å²) >= 11 is 0. The van der Waals surface area contributed by atoms with Crippen LogP contribution in [0.25, 0.3) is 10.8 Å². The molecule has 0 saturated heterocycles. The molecule has 6 nitrogen and oxygen atoms in total. The molecule has 1 unspecified atom stereocenters. The predicted molar refractivity (Wildman–Crippen MR) is 97.6 cm³/mol. The molecule has 0 aliphatic rings. The Balaban J connectivity index is 1.77. The van der Waals surface area contributed by atoms with Crippen LogP contribution in [0.15, 0.2) is 66.7 Å². The molecule has 0 fully saturated rings. The maximum absolute atomic E-state index is 12.2. The number of fused-ring (bicyclic) bond motifs is 1. The van der Waals surface area contributed by atoms with Crippen LogP contribution in [0.4, 0.5) is 16.2 Å². The van der Waals surface area contributed by atoms with Crippen LogP contribution in [-0.2, 0) is 0 Å². The Morgan fingerprint density at radius 2 is 1.80 bits per heavy atom. The molecule has 0 aliphatic heterocycles. The molecular weight excluding hydrogens is 318 g/mol. The minimum absolute atomic E-state index is 0.0132. The van der Waals surface area contributed by atoms with E-state index in [1.165, 1.54) is 6.07 Å². The number of amides is 2. The zero-order valence-electron chi connectivity index (χ0n) is 13.6. The maximum atomic E-state index is 12.2. The van der Waals surface area contributed by atoms with Gasteiger partial charge in [-0.2, -0.15) is 0 Å². The maximum Gasteiger partial charge on any atom is 0.319 e. The van der Waals surface area contributed by atoms with E-state index in [1.807, 2.05) is 37.3 Å². The number of rotatable bonds is 4. The molecule has 126 valence electrons. The van der Waals surface area contributed by atoms with Crippen molar-refractivity contribution < 1.29 is 9.72 Å². The number of carbonyl (C=O) groups excluding carboxylic acids is 1. The summed E-state index contributed by atoms with van der Waals surface area (Å²) < 4.78 is 0. The fourth-order valence-corrected chi connectivity index (χ4v) is 2.68. The number of nitro groups is 1. The quantitative estimate of drug-likeness (QED) is 0.538. The second-order valence-electron chi connectivity index (χ2n) is 5.70. The summed E-state index contributed by atoms with van der Waals surface area (Å²) in [5.41, 5.74) is 1.51. The molecule has 0 spiro atoms. The lowest BCUT2D eigenvalue weighted by molar-refractivity contribution is -0.383. The molecular formula is C19H17N3O3. The molecule has 0 aliphatic carbocycles. The van der Waals surface area contributed by atoms with Crippen molar-refractivity contribution in [3.8, 4) is 0 Å². The number of nitrogens with one attached hydrogen (secondary N) is 2. The number of anilines is 1. The van der Waals surface area contributed by atoms with Gasteiger partial charge in [-0.25, -0.2) is 4.79 Å². The molecule has 2 N–H and O–H groups in total. The van der Waals surface area contributed by atoms with Crippen LogP contribution >= 0.6 is 0 Å². The molecule has 1 atom stereocenters. The highest BCUT2D eigenvalue weighted by molar-refractivity contribution is 5.97. The SMILES string of the molecule is CC(NC(=O)Nc1ccc2cccc([N+](=O)[O-])c2c1)c1ccccc1. The molecule has 0 heterocycles. The van der Waals surface area contributed by atoms with Crippen molar-refractivity contribution >= 4 is 28.2 Å². The van der Waals surface area contributed by atoms with Crippen molar-refractivity contribution in [3.05, 3.63) is 82.4 Å². The Labute approximate surface area is 144 Å². The third kappa shape index (κ3) is 3.74. The van der Waals surface area contributed by atoms with Crippen molar-refractivity contribution in [2.24, 2.45) is 0 Å². The molecule has 0 bridgehead atoms. The van der Waals surface area contributed by atoms with Crippen molar-refractivity contribution in [1.29, 1.82) is 0 Å². The highest BCUT2D eigenvalue weighted by Gasteiger charge is 2.13. The van der Waals surface area contributed by atoms with E-state index in [0.29, 0.717) is 11.1 Å². The average Bonchev–Trinajstić information content (AvgIpc) is 2.61. The summed E-state index contributed by atoms with van der Waals surface area (Å²) in [6, 6.07) is 19.0. The number of nitrogens with zero attached hydrogens (tertiary/aromatic N) is 1. The Bertz CT molecular complexity index is 926. The second-order valence-corrected chi connectivity index (χ2v) is 5.70. The molecule has 3 rings (SSSR count). The second kappa shape index (κ2) is 7.00. The fourth-order valence-electron chi connectivity index (χ4n) is 2.68. The van der Waals surface area contributed by atoms with Gasteiger partial charge in [0.15, 0.2) is 0 Å². The zero-order valence-corrected chi connectivity index (χ0v) is 13.6. The summed E-state index contributed by atoms with van der Waals surface area (Å²) in [5, 5.41) is 18.0. The number of carbonyl (C=O) groups is 1. The van der Waals surface area contributed by atoms with Gasteiger partial charge in [-0.05, 0) is 30.0 Å². The van der Waals surface area contributed by atoms with Gasteiger partial charge in [0, 0.05) is 11.8 Å². The lowest BCUT2D eigenvalue weighted by Crippen LogP contribution is -2.31. The number of benzene rings is 3. The smallest absolute Gasteiger partial charge is 0.319 e. The van der Waals surface area contributed by atoms with Gasteiger partial charge in [-0.15, -0.1) is 0 Å². The van der Waals surface area contributed by atoms with Gasteiger partial charge in [0.05, 0.1) is 16.4 Å². The number of hydrogen-bond donors (Lipinski definition) is 2. The minimum Gasteiger partial charge on any atom is -0.331 e. The first-order chi connectivity index (χ1) is 12.0. The standard InChI is InChI=1S/C19H17N3O3/c1-13(14-6-3-2-4-7-14)20-19(23)21-16-11-10-15-8-5-9-18(22(24)25)17(15)12-16/h2-13H,1H3,(H2,20,21,23). The van der Waals surface area contributed by atoms with Crippen LogP contribution in [0.5, 0.6) is 0 Å². The van der Waals surface area contributed by atoms with Gasteiger partial charge in [0.2, 0.25) is 0 Å². The van der Waals surface area contributed by atoms with E-state index < -0.39 is 4.92 Å². The topological polar surface area (TPSA) is 84.3 Å². The zero-order chi connectivity index (χ0) is 17.8. The van der Waals surface area contributed by atoms with Crippen molar-refractivity contribution in [2.45, 2.75) is 13.0 Å². The largest absolute Gasteiger partial charge is 0.331 e. The van der Waals surface area contributed by atoms with Gasteiger partial charge in [0.25, 0.3) is 5.69 Å². The first-order valence-electron chi connectivity index (χ1n) is 7.84. The highest BCUT2D eigenvalue weighted by Crippen LogP contribution is 2.28. The first-order valence-corrected chi connectivity index (χ1v) is 7.84. The van der Waals surface area contributed by atoms with E-state index in [0.717, 1.165) is 10.9 Å². The van der Waals surface area contributed by atoms with Crippen molar-refractivity contribution in [1.82, 2.24) is 5.32 Å². The third-order valence-electron chi connectivity index (χ3n) is 3.96. The van der Waals surface area contributed by atoms with Gasteiger partial charge in [-0.3, -0.25) is 10.1 Å². The van der Waals surface area contributed by atoms with E-state index in [9.17, 15) is 14.9 Å². The van der Waals surface area contributed by atoms with Crippen LogP contribution in [0, 0.1) is 10.1 Å². The first kappa shape index (κ1) is 16.4. The lowest BCUT2D eigenvalue weighted by Gasteiger charge is -2.15. The Kier molecular flexibility index (Phi) is 4.61. The highest BCUT2D eigenvalue weighted by atomic mass is 16.6. The summed E-state index contributed by atoms with van der Waals surface area (Å²) in [6.07, 6.45) is 0. The number of non-ortho nitro benzene ring substituents is 1. The molecule has 3 aromatic carbocycles. The van der Waals surface area contributed by atoms with Crippen molar-refractivity contribution in [3.63, 3.8) is 0 Å². The van der Waals surface area contributed by atoms with E-state index in [4.69, 9.17) is 0 Å². The van der Waals surface area contributed by atoms with Gasteiger partial charge in [-0.1, -0.05) is 48.5 Å². The van der Waals surface area contributed by atoms with Crippen LogP contribution < -0.4 is 10.6 Å². The average molecular weight is 335 g/mol. The molecule has 0 aromatic heterocycles. The van der Waals surface area contributed by atoms with E-state index in [1.54, 1.807) is 30.3 Å². The van der Waals surface area contributed by atoms with E-state index >= 15 is 0 Å². The minimum atomic E-state index is -0.427. The number of nitro benzene ring substituents is 1. The Morgan fingerprint density at radius 1 is 1.04 bits per heavy atom. The normalized spacial score (nSPS) is 11.7. The Morgan fingerprint density at radius 3 is 2.52 bits per heavy atom. The van der Waals surface area contributed by atoms with Crippen LogP contribution in [0.1, 0.15) is 18.5 Å². The van der Waals surface area contributed by atoms with Gasteiger partial charge in [0.1, 0.15) is 0 Å². The molecule has 6 heteroatoms. The van der Waals surface area contributed by atoms with Crippen molar-refractivity contribution in [2.75, 3.05) is 5.32 Å². The number of urea groups is 1. The van der Waals surface area contributed by atoms with Crippen LogP contribution in [-0.4, -0.2) is 11.0 Å². The van der Waals surface area contributed by atoms with E-state index in [2.05, 4.69) is 10.6 Å². The van der Waals surface area contributed by atoms with Crippen LogP contribution in [0.2, 0.25) is 0 Å². The molecule has 0 radical (unpaired) electrons. The third-order valence-corrected chi connectivity index (χ3v) is 3.96. The lowest BCUT2D eigenvalue weighted by atomic mass is 10.1. The summed E-state index contributed by atoms with van der Waals surface area (Å²) in [4.78, 5) is 22.9. The van der Waals surface area contributed by atoms with Gasteiger partial charge < -0.3 is 10.6 Å². The predicted octanol–water partition coefficient (Wildman–Crippen LogP) is 4.63. The Hall–Kier alpha value is -3.41. The summed E-state index contributed by atoms with van der Waals surface area (Å²) in [7, 11) is 0. The van der Waals surface area contributed by atoms with Crippen LogP contribution in [0.3, 0.4) is 0 Å². The van der Waals surface area contributed by atoms with E-state index in [-0.39, 0.29) is 17.8 Å². The monoisotopic (exact) mass is 335 g/mol. The summed E-state index contributed by atoms with van der Waals surface area (Å²) in [6.45, 7) is 1.89. The molecule has 25 heavy (non-hydrogen) atoms. The molecule has 0 saturated carbocycles. The molecule has 2 amide bonds. The van der Waals surface area contributed by atoms with Gasteiger partial charge >= 0.3 is 6.03 Å². The fraction of sp³-hybridized carbons (Fsp3) is 0.105. The number of hydrogen-bond acceptors (Lipinski definition) is 3. The molecule has 3 aromatic rings. The summed E-state index contributed by atoms with van der Waals surface area (Å²) in [5.74, 6) is 0.